The maximum atomic E-state index is 6.33. The lowest BCUT2D eigenvalue weighted by atomic mass is 9.87. The molecule has 0 saturated carbocycles. The molecule has 1 heteroatoms. The third kappa shape index (κ3) is 4.31. The van der Waals surface area contributed by atoms with Crippen LogP contribution < -0.4 is 4.74 Å². The maximum absolute atomic E-state index is 6.33. The van der Waals surface area contributed by atoms with Gasteiger partial charge in [0.2, 0.25) is 0 Å². The first-order valence-corrected chi connectivity index (χ1v) is 10.5. The van der Waals surface area contributed by atoms with E-state index in [1.807, 2.05) is 13.0 Å². The van der Waals surface area contributed by atoms with Crippen LogP contribution in [0.4, 0.5) is 0 Å². The van der Waals surface area contributed by atoms with Gasteiger partial charge in [-0.2, -0.15) is 0 Å². The molecule has 0 spiro atoms. The lowest BCUT2D eigenvalue weighted by Crippen LogP contribution is -2.10. The van der Waals surface area contributed by atoms with Crippen LogP contribution in [0.15, 0.2) is 91.0 Å². The standard InChI is InChI=1S/C29H28O/c1-5-8-22-12-14-25(24-13-11-21-9-6-7-10-23(21)19-24)20-28(22)30-27-17-15-26(16-18-27)29(2,3)4/h5-20H,1-4H3/b8-5+. The summed E-state index contributed by atoms with van der Waals surface area (Å²) in [7, 11) is 0. The summed E-state index contributed by atoms with van der Waals surface area (Å²) >= 11 is 0. The van der Waals surface area contributed by atoms with Gasteiger partial charge in [-0.15, -0.1) is 0 Å². The smallest absolute Gasteiger partial charge is 0.135 e. The first-order chi connectivity index (χ1) is 14.4. The Balaban J connectivity index is 1.70. The molecule has 4 aromatic carbocycles. The van der Waals surface area contributed by atoms with Crippen LogP contribution in [-0.4, -0.2) is 0 Å². The second kappa shape index (κ2) is 8.20. The van der Waals surface area contributed by atoms with Crippen molar-refractivity contribution in [2.45, 2.75) is 33.1 Å². The topological polar surface area (TPSA) is 9.23 Å². The van der Waals surface area contributed by atoms with E-state index in [-0.39, 0.29) is 5.41 Å². The summed E-state index contributed by atoms with van der Waals surface area (Å²) in [6.07, 6.45) is 4.13. The minimum Gasteiger partial charge on any atom is -0.457 e. The minimum absolute atomic E-state index is 0.130. The van der Waals surface area contributed by atoms with Crippen molar-refractivity contribution in [1.82, 2.24) is 0 Å². The molecular weight excluding hydrogens is 364 g/mol. The van der Waals surface area contributed by atoms with Crippen molar-refractivity contribution in [2.24, 2.45) is 0 Å². The number of allylic oxidation sites excluding steroid dienone is 1. The highest BCUT2D eigenvalue weighted by Gasteiger charge is 2.13. The molecule has 0 aliphatic carbocycles. The van der Waals surface area contributed by atoms with Gasteiger partial charge in [-0.3, -0.25) is 0 Å². The summed E-state index contributed by atoms with van der Waals surface area (Å²) < 4.78 is 6.33. The lowest BCUT2D eigenvalue weighted by molar-refractivity contribution is 0.480. The van der Waals surface area contributed by atoms with E-state index in [4.69, 9.17) is 4.74 Å². The first-order valence-electron chi connectivity index (χ1n) is 10.5. The highest BCUT2D eigenvalue weighted by atomic mass is 16.5. The molecule has 0 saturated heterocycles. The summed E-state index contributed by atoms with van der Waals surface area (Å²) in [6, 6.07) is 29.9. The fourth-order valence-corrected chi connectivity index (χ4v) is 3.64. The van der Waals surface area contributed by atoms with E-state index in [9.17, 15) is 0 Å². The summed E-state index contributed by atoms with van der Waals surface area (Å²) in [5, 5.41) is 2.50. The fraction of sp³-hybridized carbons (Fsp3) is 0.172. The zero-order chi connectivity index (χ0) is 21.1. The van der Waals surface area contributed by atoms with Gasteiger partial charge in [-0.05, 0) is 64.1 Å². The molecule has 0 aromatic heterocycles. The molecule has 0 radical (unpaired) electrons. The summed E-state index contributed by atoms with van der Waals surface area (Å²) in [4.78, 5) is 0. The number of benzene rings is 4. The van der Waals surface area contributed by atoms with E-state index in [1.165, 1.54) is 21.9 Å². The summed E-state index contributed by atoms with van der Waals surface area (Å²) in [5.41, 5.74) is 4.84. The van der Waals surface area contributed by atoms with Crippen LogP contribution in [0.5, 0.6) is 11.5 Å². The van der Waals surface area contributed by atoms with Crippen LogP contribution in [0, 0.1) is 0 Å². The van der Waals surface area contributed by atoms with Gasteiger partial charge in [0.15, 0.2) is 0 Å². The number of fused-ring (bicyclic) bond motifs is 1. The van der Waals surface area contributed by atoms with E-state index < -0.39 is 0 Å². The Morgan fingerprint density at radius 1 is 0.700 bits per heavy atom. The van der Waals surface area contributed by atoms with Gasteiger partial charge in [0.05, 0.1) is 0 Å². The largest absolute Gasteiger partial charge is 0.457 e. The predicted octanol–water partition coefficient (Wildman–Crippen LogP) is 8.63. The Hall–Kier alpha value is -3.32. The molecule has 150 valence electrons. The molecule has 1 nitrogen and oxygen atoms in total. The first kappa shape index (κ1) is 20.0. The van der Waals surface area contributed by atoms with Crippen molar-refractivity contribution in [3.63, 3.8) is 0 Å². The van der Waals surface area contributed by atoms with Gasteiger partial charge in [0.25, 0.3) is 0 Å². The second-order valence-electron chi connectivity index (χ2n) is 8.69. The van der Waals surface area contributed by atoms with Crippen molar-refractivity contribution >= 4 is 16.8 Å². The molecule has 0 aliphatic heterocycles. The highest BCUT2D eigenvalue weighted by molar-refractivity contribution is 5.87. The Labute approximate surface area is 179 Å². The van der Waals surface area contributed by atoms with Crippen molar-refractivity contribution in [3.8, 4) is 22.6 Å². The molecule has 0 N–H and O–H groups in total. The average Bonchev–Trinajstić information content (AvgIpc) is 2.74. The van der Waals surface area contributed by atoms with Crippen molar-refractivity contribution in [2.75, 3.05) is 0 Å². The van der Waals surface area contributed by atoms with Gasteiger partial charge in [-0.25, -0.2) is 0 Å². The third-order valence-corrected chi connectivity index (χ3v) is 5.39. The van der Waals surface area contributed by atoms with Crippen molar-refractivity contribution in [3.05, 3.63) is 102 Å². The number of rotatable bonds is 4. The Morgan fingerprint density at radius 3 is 2.07 bits per heavy atom. The third-order valence-electron chi connectivity index (χ3n) is 5.39. The molecule has 30 heavy (non-hydrogen) atoms. The molecule has 0 aliphatic rings. The quantitative estimate of drug-likeness (QED) is 0.338. The Morgan fingerprint density at radius 2 is 1.37 bits per heavy atom. The molecule has 4 aromatic rings. The maximum Gasteiger partial charge on any atom is 0.135 e. The molecular formula is C29H28O. The van der Waals surface area contributed by atoms with Crippen LogP contribution in [-0.2, 0) is 5.41 Å². The average molecular weight is 393 g/mol. The Bertz CT molecular complexity index is 1190. The van der Waals surface area contributed by atoms with Gasteiger partial charge < -0.3 is 4.74 Å². The highest BCUT2D eigenvalue weighted by Crippen LogP contribution is 2.34. The van der Waals surface area contributed by atoms with E-state index in [1.54, 1.807) is 0 Å². The molecule has 0 unspecified atom stereocenters. The van der Waals surface area contributed by atoms with Crippen LogP contribution in [0.25, 0.3) is 28.0 Å². The number of hydrogen-bond donors (Lipinski definition) is 0. The zero-order valence-corrected chi connectivity index (χ0v) is 18.1. The zero-order valence-electron chi connectivity index (χ0n) is 18.1. The summed E-state index contributed by atoms with van der Waals surface area (Å²) in [5.74, 6) is 1.71. The normalized spacial score (nSPS) is 11.9. The van der Waals surface area contributed by atoms with Gasteiger partial charge in [0.1, 0.15) is 11.5 Å². The van der Waals surface area contributed by atoms with Gasteiger partial charge in [0, 0.05) is 5.56 Å². The molecule has 0 bridgehead atoms. The fourth-order valence-electron chi connectivity index (χ4n) is 3.64. The van der Waals surface area contributed by atoms with Crippen LogP contribution >= 0.6 is 0 Å². The van der Waals surface area contributed by atoms with Crippen LogP contribution in [0.3, 0.4) is 0 Å². The van der Waals surface area contributed by atoms with E-state index >= 15 is 0 Å². The van der Waals surface area contributed by atoms with Crippen LogP contribution in [0.1, 0.15) is 38.8 Å². The molecule has 4 rings (SSSR count). The molecule has 0 atom stereocenters. The minimum atomic E-state index is 0.130. The lowest BCUT2D eigenvalue weighted by Gasteiger charge is -2.19. The van der Waals surface area contributed by atoms with Crippen molar-refractivity contribution in [1.29, 1.82) is 0 Å². The number of hydrogen-bond acceptors (Lipinski definition) is 1. The SMILES string of the molecule is C/C=C/c1ccc(-c2ccc3ccccc3c2)cc1Oc1ccc(C(C)(C)C)cc1. The summed E-state index contributed by atoms with van der Waals surface area (Å²) in [6.45, 7) is 8.69. The molecule has 0 heterocycles. The number of ether oxygens (including phenoxy) is 1. The molecule has 0 fully saturated rings. The van der Waals surface area contributed by atoms with E-state index in [0.717, 1.165) is 22.6 Å². The molecule has 0 amide bonds. The second-order valence-corrected chi connectivity index (χ2v) is 8.69. The van der Waals surface area contributed by atoms with Gasteiger partial charge in [-0.1, -0.05) is 93.6 Å². The predicted molar refractivity (Wildman–Crippen MR) is 129 cm³/mol. The van der Waals surface area contributed by atoms with Crippen molar-refractivity contribution < 1.29 is 4.74 Å². The van der Waals surface area contributed by atoms with E-state index in [2.05, 4.69) is 112 Å². The Kier molecular flexibility index (Phi) is 5.46. The monoisotopic (exact) mass is 392 g/mol. The van der Waals surface area contributed by atoms with Crippen LogP contribution in [0.2, 0.25) is 0 Å². The van der Waals surface area contributed by atoms with Gasteiger partial charge >= 0.3 is 0 Å². The van der Waals surface area contributed by atoms with E-state index in [0.29, 0.717) is 0 Å².